The first kappa shape index (κ1) is 13.3. The quantitative estimate of drug-likeness (QED) is 0.767. The molecule has 2 rings (SSSR count). The first-order valence-electron chi connectivity index (χ1n) is 5.60. The molecule has 0 bridgehead atoms. The predicted molar refractivity (Wildman–Crippen MR) is 56.3 cm³/mol. The zero-order chi connectivity index (χ0) is 13.4. The third kappa shape index (κ3) is 2.48. The van der Waals surface area contributed by atoms with E-state index in [1.165, 1.54) is 0 Å². The van der Waals surface area contributed by atoms with E-state index in [9.17, 15) is 22.0 Å². The lowest BCUT2D eigenvalue weighted by Crippen LogP contribution is -2.36. The number of halogens is 5. The highest BCUT2D eigenvalue weighted by Gasteiger charge is 2.38. The third-order valence-electron chi connectivity index (χ3n) is 3.19. The van der Waals surface area contributed by atoms with E-state index in [0.29, 0.717) is 25.2 Å². The molecule has 0 saturated carbocycles. The largest absolute Gasteiger partial charge is 0.419 e. The summed E-state index contributed by atoms with van der Waals surface area (Å²) in [6.07, 6.45) is -4.62. The molecule has 1 fully saturated rings. The van der Waals surface area contributed by atoms with E-state index in [4.69, 9.17) is 0 Å². The van der Waals surface area contributed by atoms with Crippen LogP contribution in [0.25, 0.3) is 0 Å². The summed E-state index contributed by atoms with van der Waals surface area (Å²) in [6.45, 7) is 0.796. The van der Waals surface area contributed by atoms with E-state index in [0.717, 1.165) is 6.07 Å². The highest BCUT2D eigenvalue weighted by Crippen LogP contribution is 2.39. The molecule has 1 aromatic carbocycles. The fourth-order valence-electron chi connectivity index (χ4n) is 2.13. The summed E-state index contributed by atoms with van der Waals surface area (Å²) < 4.78 is 65.2. The first-order valence-corrected chi connectivity index (χ1v) is 5.60. The standard InChI is InChI=1S/C12H12F5N/c13-10-2-1-8(7-9(10)12(15,16)17)11(14)3-5-18-6-4-11/h1-2,7,18H,3-6H2. The van der Waals surface area contributed by atoms with Crippen molar-refractivity contribution < 1.29 is 22.0 Å². The summed E-state index contributed by atoms with van der Waals surface area (Å²) in [5.74, 6) is -1.37. The van der Waals surface area contributed by atoms with Gasteiger partial charge < -0.3 is 5.32 Å². The minimum absolute atomic E-state index is 0.0932. The molecule has 0 amide bonds. The number of hydrogen-bond donors (Lipinski definition) is 1. The highest BCUT2D eigenvalue weighted by atomic mass is 19.4. The monoisotopic (exact) mass is 265 g/mol. The molecule has 1 heterocycles. The molecule has 0 aliphatic carbocycles. The van der Waals surface area contributed by atoms with Gasteiger partial charge in [0, 0.05) is 0 Å². The van der Waals surface area contributed by atoms with Crippen LogP contribution in [0.5, 0.6) is 0 Å². The molecule has 1 aliphatic heterocycles. The summed E-state index contributed by atoms with van der Waals surface area (Å²) in [5.41, 5.74) is -3.31. The van der Waals surface area contributed by atoms with Crippen LogP contribution in [0.1, 0.15) is 24.0 Å². The van der Waals surface area contributed by atoms with Crippen molar-refractivity contribution in [2.45, 2.75) is 24.7 Å². The Hall–Kier alpha value is -1.17. The van der Waals surface area contributed by atoms with Gasteiger partial charge in [0.1, 0.15) is 11.5 Å². The van der Waals surface area contributed by atoms with Crippen LogP contribution < -0.4 is 5.32 Å². The molecule has 1 saturated heterocycles. The number of piperidine rings is 1. The van der Waals surface area contributed by atoms with Gasteiger partial charge in [0.15, 0.2) is 0 Å². The Balaban J connectivity index is 2.40. The molecule has 0 radical (unpaired) electrons. The normalized spacial score (nSPS) is 19.8. The Morgan fingerprint density at radius 3 is 2.28 bits per heavy atom. The smallest absolute Gasteiger partial charge is 0.316 e. The zero-order valence-electron chi connectivity index (χ0n) is 9.45. The van der Waals surface area contributed by atoms with Gasteiger partial charge in [0.2, 0.25) is 0 Å². The van der Waals surface area contributed by atoms with Crippen molar-refractivity contribution >= 4 is 0 Å². The van der Waals surface area contributed by atoms with Crippen LogP contribution >= 0.6 is 0 Å². The van der Waals surface area contributed by atoms with Gasteiger partial charge in [-0.25, -0.2) is 8.78 Å². The van der Waals surface area contributed by atoms with Crippen molar-refractivity contribution in [1.29, 1.82) is 0 Å². The number of alkyl halides is 4. The number of hydrogen-bond acceptors (Lipinski definition) is 1. The molecule has 1 nitrogen and oxygen atoms in total. The minimum Gasteiger partial charge on any atom is -0.316 e. The highest BCUT2D eigenvalue weighted by molar-refractivity contribution is 5.31. The lowest BCUT2D eigenvalue weighted by molar-refractivity contribution is -0.140. The summed E-state index contributed by atoms with van der Waals surface area (Å²) >= 11 is 0. The third-order valence-corrected chi connectivity index (χ3v) is 3.19. The number of rotatable bonds is 1. The zero-order valence-corrected chi connectivity index (χ0v) is 9.45. The molecule has 0 aromatic heterocycles. The van der Waals surface area contributed by atoms with Gasteiger partial charge in [-0.05, 0) is 43.6 Å². The van der Waals surface area contributed by atoms with Crippen LogP contribution in [0.15, 0.2) is 18.2 Å². The van der Waals surface area contributed by atoms with Crippen molar-refractivity contribution in [3.05, 3.63) is 35.1 Å². The van der Waals surface area contributed by atoms with Crippen molar-refractivity contribution in [1.82, 2.24) is 5.32 Å². The lowest BCUT2D eigenvalue weighted by atomic mass is 9.86. The van der Waals surface area contributed by atoms with Gasteiger partial charge in [0.05, 0.1) is 5.56 Å². The Bertz CT molecular complexity index is 435. The Kier molecular flexibility index (Phi) is 3.31. The van der Waals surface area contributed by atoms with Crippen LogP contribution in [0.2, 0.25) is 0 Å². The lowest BCUT2D eigenvalue weighted by Gasteiger charge is -2.31. The molecule has 0 atom stereocenters. The van der Waals surface area contributed by atoms with E-state index in [-0.39, 0.29) is 18.4 Å². The SMILES string of the molecule is Fc1ccc(C2(F)CCNCC2)cc1C(F)(F)F. The van der Waals surface area contributed by atoms with Gasteiger partial charge >= 0.3 is 6.18 Å². The van der Waals surface area contributed by atoms with Crippen LogP contribution in [-0.2, 0) is 11.8 Å². The average Bonchev–Trinajstić information content (AvgIpc) is 2.28. The van der Waals surface area contributed by atoms with Crippen LogP contribution in [0.3, 0.4) is 0 Å². The maximum absolute atomic E-state index is 14.5. The van der Waals surface area contributed by atoms with Crippen LogP contribution in [-0.4, -0.2) is 13.1 Å². The fourth-order valence-corrected chi connectivity index (χ4v) is 2.13. The summed E-state index contributed by atoms with van der Waals surface area (Å²) in [5, 5.41) is 2.93. The van der Waals surface area contributed by atoms with Crippen LogP contribution in [0, 0.1) is 5.82 Å². The van der Waals surface area contributed by atoms with E-state index in [2.05, 4.69) is 5.32 Å². The molecule has 0 spiro atoms. The van der Waals surface area contributed by atoms with Crippen molar-refractivity contribution in [2.24, 2.45) is 0 Å². The summed E-state index contributed by atoms with van der Waals surface area (Å²) in [4.78, 5) is 0. The van der Waals surface area contributed by atoms with Crippen molar-refractivity contribution in [3.63, 3.8) is 0 Å². The average molecular weight is 265 g/mol. The van der Waals surface area contributed by atoms with E-state index in [1.807, 2.05) is 0 Å². The van der Waals surface area contributed by atoms with Gasteiger partial charge in [-0.15, -0.1) is 0 Å². The Morgan fingerprint density at radius 1 is 1.11 bits per heavy atom. The number of benzene rings is 1. The maximum Gasteiger partial charge on any atom is 0.419 e. The Labute approximate surface area is 101 Å². The molecule has 0 unspecified atom stereocenters. The van der Waals surface area contributed by atoms with Gasteiger partial charge in [-0.1, -0.05) is 6.07 Å². The predicted octanol–water partition coefficient (Wildman–Crippen LogP) is 3.39. The second-order valence-electron chi connectivity index (χ2n) is 4.41. The molecule has 1 aliphatic rings. The van der Waals surface area contributed by atoms with E-state index in [1.54, 1.807) is 0 Å². The molecule has 6 heteroatoms. The van der Waals surface area contributed by atoms with Gasteiger partial charge in [0.25, 0.3) is 0 Å². The molecule has 18 heavy (non-hydrogen) atoms. The first-order chi connectivity index (χ1) is 8.33. The topological polar surface area (TPSA) is 12.0 Å². The Morgan fingerprint density at radius 2 is 1.72 bits per heavy atom. The molecular formula is C12H12F5N. The summed E-state index contributed by atoms with van der Waals surface area (Å²) in [7, 11) is 0. The fraction of sp³-hybridized carbons (Fsp3) is 0.500. The van der Waals surface area contributed by atoms with E-state index >= 15 is 0 Å². The van der Waals surface area contributed by atoms with Gasteiger partial charge in [-0.2, -0.15) is 13.2 Å². The second kappa shape index (κ2) is 4.50. The minimum atomic E-state index is -4.80. The number of nitrogens with one attached hydrogen (secondary N) is 1. The second-order valence-corrected chi connectivity index (χ2v) is 4.41. The van der Waals surface area contributed by atoms with Crippen molar-refractivity contribution in [2.75, 3.05) is 13.1 Å². The summed E-state index contributed by atoms with van der Waals surface area (Å²) in [6, 6.07) is 2.36. The van der Waals surface area contributed by atoms with Crippen molar-refractivity contribution in [3.8, 4) is 0 Å². The molecule has 1 N–H and O–H groups in total. The van der Waals surface area contributed by atoms with Gasteiger partial charge in [-0.3, -0.25) is 0 Å². The molecular weight excluding hydrogens is 253 g/mol. The molecule has 100 valence electrons. The van der Waals surface area contributed by atoms with Crippen LogP contribution in [0.4, 0.5) is 22.0 Å². The van der Waals surface area contributed by atoms with E-state index < -0.39 is 23.2 Å². The molecule has 1 aromatic rings. The maximum atomic E-state index is 14.5.